The minimum Gasteiger partial charge on any atom is -0.369 e. The molecule has 0 radical (unpaired) electrons. The highest BCUT2D eigenvalue weighted by Crippen LogP contribution is 2.47. The number of piperidine rings is 1. The van der Waals surface area contributed by atoms with Gasteiger partial charge in [-0.1, -0.05) is 11.6 Å². The lowest BCUT2D eigenvalue weighted by Gasteiger charge is -2.47. The second-order valence-electron chi connectivity index (χ2n) is 6.74. The van der Waals surface area contributed by atoms with Crippen LogP contribution in [0.4, 0.5) is 4.39 Å². The molecule has 2 aromatic heterocycles. The normalized spacial score (nSPS) is 27.4. The maximum Gasteiger partial charge on any atom is 0.141 e. The van der Waals surface area contributed by atoms with E-state index in [0.717, 1.165) is 49.0 Å². The lowest BCUT2D eigenvalue weighted by molar-refractivity contribution is -0.110. The summed E-state index contributed by atoms with van der Waals surface area (Å²) >= 11 is 7.92. The van der Waals surface area contributed by atoms with Gasteiger partial charge < -0.3 is 4.74 Å². The molecule has 2 aromatic rings. The predicted octanol–water partition coefficient (Wildman–Crippen LogP) is 4.39. The first-order chi connectivity index (χ1) is 11.6. The van der Waals surface area contributed by atoms with Crippen LogP contribution in [-0.2, 0) is 23.3 Å². The maximum atomic E-state index is 13.0. The Morgan fingerprint density at radius 2 is 2.38 bits per heavy atom. The largest absolute Gasteiger partial charge is 0.369 e. The summed E-state index contributed by atoms with van der Waals surface area (Å²) in [4.78, 5) is 7.91. The fraction of sp³-hybridized carbons (Fsp3) is 0.500. The number of thiophene rings is 1. The van der Waals surface area contributed by atoms with Gasteiger partial charge in [-0.2, -0.15) is 0 Å². The number of pyridine rings is 1. The maximum absolute atomic E-state index is 13.0. The highest BCUT2D eigenvalue weighted by Gasteiger charge is 2.44. The Labute approximate surface area is 150 Å². The summed E-state index contributed by atoms with van der Waals surface area (Å²) in [6, 6.07) is 5.71. The Kier molecular flexibility index (Phi) is 4.37. The average molecular weight is 367 g/mol. The first-order valence-electron chi connectivity index (χ1n) is 8.33. The van der Waals surface area contributed by atoms with Gasteiger partial charge >= 0.3 is 0 Å². The number of rotatable bonds is 2. The molecule has 128 valence electrons. The van der Waals surface area contributed by atoms with Crippen LogP contribution in [0.3, 0.4) is 0 Å². The van der Waals surface area contributed by atoms with Gasteiger partial charge in [0, 0.05) is 24.0 Å². The molecule has 4 heterocycles. The summed E-state index contributed by atoms with van der Waals surface area (Å²) in [6.45, 7) is 4.69. The minimum atomic E-state index is -0.290. The van der Waals surface area contributed by atoms with Gasteiger partial charge in [0.15, 0.2) is 0 Å². The van der Waals surface area contributed by atoms with Crippen LogP contribution in [0.15, 0.2) is 24.4 Å². The highest BCUT2D eigenvalue weighted by molar-refractivity contribution is 7.16. The van der Waals surface area contributed by atoms with E-state index in [2.05, 4.69) is 22.9 Å². The van der Waals surface area contributed by atoms with E-state index in [1.54, 1.807) is 17.4 Å². The molecule has 0 saturated carbocycles. The van der Waals surface area contributed by atoms with Gasteiger partial charge in [-0.25, -0.2) is 4.39 Å². The van der Waals surface area contributed by atoms with E-state index in [0.29, 0.717) is 6.04 Å². The second-order valence-corrected chi connectivity index (χ2v) is 8.42. The number of aromatic nitrogens is 1. The van der Waals surface area contributed by atoms with E-state index < -0.39 is 0 Å². The van der Waals surface area contributed by atoms with Crippen molar-refractivity contribution < 1.29 is 9.13 Å². The molecule has 24 heavy (non-hydrogen) atoms. The second kappa shape index (κ2) is 6.37. The number of hydrogen-bond acceptors (Lipinski definition) is 4. The first kappa shape index (κ1) is 16.5. The fourth-order valence-electron chi connectivity index (χ4n) is 3.92. The molecule has 1 fully saturated rings. The zero-order valence-corrected chi connectivity index (χ0v) is 15.2. The van der Waals surface area contributed by atoms with E-state index in [4.69, 9.17) is 16.3 Å². The number of likely N-dealkylation sites (tertiary alicyclic amines) is 1. The monoisotopic (exact) mass is 366 g/mol. The van der Waals surface area contributed by atoms with E-state index in [9.17, 15) is 4.39 Å². The van der Waals surface area contributed by atoms with Gasteiger partial charge in [-0.15, -0.1) is 11.3 Å². The molecule has 0 aromatic carbocycles. The zero-order valence-electron chi connectivity index (χ0n) is 13.6. The summed E-state index contributed by atoms with van der Waals surface area (Å²) in [7, 11) is 0. The minimum absolute atomic E-state index is 0.183. The number of ether oxygens (including phenoxy) is 1. The van der Waals surface area contributed by atoms with Crippen LogP contribution in [0.5, 0.6) is 0 Å². The number of hydrogen-bond donors (Lipinski definition) is 0. The molecule has 2 aliphatic heterocycles. The summed E-state index contributed by atoms with van der Waals surface area (Å²) in [5, 5.41) is 0. The van der Waals surface area contributed by atoms with Crippen LogP contribution in [0.25, 0.3) is 0 Å². The molecule has 2 aliphatic rings. The standard InChI is InChI=1S/C18H20ClFN2OS/c1-12-9-18(17-13(4-7-23-18)8-16(19)24-17)5-6-22(12)11-15-3-2-14(20)10-21-15/h2-3,8,10,12H,4-7,9,11H2,1H3/t12-,18+/m0/s1. The van der Waals surface area contributed by atoms with Crippen molar-refractivity contribution in [3.05, 3.63) is 50.7 Å². The molecule has 2 atom stereocenters. The quantitative estimate of drug-likeness (QED) is 0.788. The zero-order chi connectivity index (χ0) is 16.7. The highest BCUT2D eigenvalue weighted by atomic mass is 35.5. The van der Waals surface area contributed by atoms with E-state index in [1.807, 2.05) is 0 Å². The third kappa shape index (κ3) is 2.99. The van der Waals surface area contributed by atoms with E-state index in [-0.39, 0.29) is 11.4 Å². The van der Waals surface area contributed by atoms with Crippen molar-refractivity contribution in [2.75, 3.05) is 13.2 Å². The Morgan fingerprint density at radius 3 is 3.12 bits per heavy atom. The van der Waals surface area contributed by atoms with Crippen LogP contribution in [-0.4, -0.2) is 29.1 Å². The lowest BCUT2D eigenvalue weighted by atomic mass is 9.82. The van der Waals surface area contributed by atoms with Crippen molar-refractivity contribution in [2.45, 2.75) is 44.4 Å². The Balaban J connectivity index is 1.51. The molecule has 1 spiro atoms. The molecule has 0 amide bonds. The Morgan fingerprint density at radius 1 is 1.50 bits per heavy atom. The third-order valence-electron chi connectivity index (χ3n) is 5.15. The van der Waals surface area contributed by atoms with Gasteiger partial charge in [0.1, 0.15) is 11.4 Å². The SMILES string of the molecule is C[C@H]1C[C@@]2(CCN1Cc1ccc(F)cn1)OCCc1cc(Cl)sc12. The number of nitrogens with zero attached hydrogens (tertiary/aromatic N) is 2. The Hall–Kier alpha value is -1.01. The van der Waals surface area contributed by atoms with Crippen molar-refractivity contribution in [1.29, 1.82) is 0 Å². The van der Waals surface area contributed by atoms with Gasteiger partial charge in [0.2, 0.25) is 0 Å². The summed E-state index contributed by atoms with van der Waals surface area (Å²) < 4.78 is 20.2. The molecule has 1 saturated heterocycles. The van der Waals surface area contributed by atoms with Crippen LogP contribution < -0.4 is 0 Å². The fourth-order valence-corrected chi connectivity index (χ4v) is 5.40. The van der Waals surface area contributed by atoms with Crippen LogP contribution >= 0.6 is 22.9 Å². The molecular weight excluding hydrogens is 347 g/mol. The van der Waals surface area contributed by atoms with Crippen LogP contribution in [0, 0.1) is 5.82 Å². The smallest absolute Gasteiger partial charge is 0.141 e. The average Bonchev–Trinajstić information content (AvgIpc) is 2.94. The number of fused-ring (bicyclic) bond motifs is 2. The summed E-state index contributed by atoms with van der Waals surface area (Å²) in [6.07, 6.45) is 4.16. The lowest BCUT2D eigenvalue weighted by Crippen LogP contribution is -2.50. The van der Waals surface area contributed by atoms with Crippen LogP contribution in [0.1, 0.15) is 35.9 Å². The third-order valence-corrected chi connectivity index (χ3v) is 6.64. The molecular formula is C18H20ClFN2OS. The van der Waals surface area contributed by atoms with E-state index in [1.165, 1.54) is 22.7 Å². The molecule has 0 N–H and O–H groups in total. The molecule has 0 unspecified atom stereocenters. The van der Waals surface area contributed by atoms with Gasteiger partial charge in [0.25, 0.3) is 0 Å². The molecule has 6 heteroatoms. The van der Waals surface area contributed by atoms with Gasteiger partial charge in [0.05, 0.1) is 22.8 Å². The summed E-state index contributed by atoms with van der Waals surface area (Å²) in [5.41, 5.74) is 2.08. The number of halogens is 2. The van der Waals surface area contributed by atoms with Gasteiger partial charge in [-0.05, 0) is 49.9 Å². The molecule has 4 rings (SSSR count). The molecule has 0 aliphatic carbocycles. The molecule has 0 bridgehead atoms. The summed E-state index contributed by atoms with van der Waals surface area (Å²) in [5.74, 6) is -0.290. The topological polar surface area (TPSA) is 25.4 Å². The molecule has 3 nitrogen and oxygen atoms in total. The predicted molar refractivity (Wildman–Crippen MR) is 94.0 cm³/mol. The van der Waals surface area contributed by atoms with Crippen molar-refractivity contribution in [2.24, 2.45) is 0 Å². The first-order valence-corrected chi connectivity index (χ1v) is 9.52. The van der Waals surface area contributed by atoms with Crippen molar-refractivity contribution in [1.82, 2.24) is 9.88 Å². The van der Waals surface area contributed by atoms with Crippen molar-refractivity contribution >= 4 is 22.9 Å². The van der Waals surface area contributed by atoms with Crippen LogP contribution in [0.2, 0.25) is 4.34 Å². The van der Waals surface area contributed by atoms with Crippen molar-refractivity contribution in [3.63, 3.8) is 0 Å². The van der Waals surface area contributed by atoms with Gasteiger partial charge in [-0.3, -0.25) is 9.88 Å². The van der Waals surface area contributed by atoms with Crippen molar-refractivity contribution in [3.8, 4) is 0 Å². The Bertz CT molecular complexity index is 735. The van der Waals surface area contributed by atoms with E-state index >= 15 is 0 Å².